The summed E-state index contributed by atoms with van der Waals surface area (Å²) in [6.07, 6.45) is 0. The third kappa shape index (κ3) is 1.26. The van der Waals surface area contributed by atoms with Crippen LogP contribution in [0.3, 0.4) is 0 Å². The van der Waals surface area contributed by atoms with Crippen molar-refractivity contribution in [3.05, 3.63) is 34.5 Å². The summed E-state index contributed by atoms with van der Waals surface area (Å²) in [5.74, 6) is -1.45. The van der Waals surface area contributed by atoms with Gasteiger partial charge in [-0.1, -0.05) is 11.6 Å². The second kappa shape index (κ2) is 3.03. The van der Waals surface area contributed by atoms with Gasteiger partial charge in [-0.3, -0.25) is 0 Å². The lowest BCUT2D eigenvalue weighted by molar-refractivity contribution is -0.257. The van der Waals surface area contributed by atoms with Crippen LogP contribution in [-0.2, 0) is 0 Å². The van der Waals surface area contributed by atoms with E-state index in [1.165, 1.54) is 0 Å². The smallest absolute Gasteiger partial charge is 0.153 e. The molecule has 0 aliphatic heterocycles. The molecule has 14 heavy (non-hydrogen) atoms. The summed E-state index contributed by atoms with van der Waals surface area (Å²) < 4.78 is 5.09. The number of aromatic carboxylic acids is 1. The highest BCUT2D eigenvalue weighted by atomic mass is 35.5. The summed E-state index contributed by atoms with van der Waals surface area (Å²) >= 11 is 5.77. The molecule has 2 aromatic rings. The van der Waals surface area contributed by atoms with Gasteiger partial charge in [0.15, 0.2) is 5.76 Å². The van der Waals surface area contributed by atoms with Crippen LogP contribution in [0.15, 0.2) is 22.6 Å². The van der Waals surface area contributed by atoms with E-state index in [4.69, 9.17) is 16.0 Å². The summed E-state index contributed by atoms with van der Waals surface area (Å²) in [5, 5.41) is 11.9. The Kier molecular flexibility index (Phi) is 1.97. The number of carbonyl (C=O) groups is 1. The number of hydrogen-bond donors (Lipinski definition) is 0. The number of rotatable bonds is 1. The highest BCUT2D eigenvalue weighted by Gasteiger charge is 2.10. The van der Waals surface area contributed by atoms with Crippen LogP contribution in [-0.4, -0.2) is 5.97 Å². The first-order valence-corrected chi connectivity index (χ1v) is 4.37. The van der Waals surface area contributed by atoms with E-state index in [2.05, 4.69) is 0 Å². The Labute approximate surface area is 84.9 Å². The number of hydrogen-bond acceptors (Lipinski definition) is 3. The van der Waals surface area contributed by atoms with Gasteiger partial charge in [-0.2, -0.15) is 0 Å². The van der Waals surface area contributed by atoms with Crippen LogP contribution in [0, 0.1) is 6.92 Å². The predicted octanol–water partition coefficient (Wildman–Crippen LogP) is 1.76. The maximum Gasteiger partial charge on any atom is 0.153 e. The number of halogens is 1. The zero-order valence-corrected chi connectivity index (χ0v) is 8.09. The van der Waals surface area contributed by atoms with Crippen molar-refractivity contribution >= 4 is 28.5 Å². The molecule has 0 spiro atoms. The Morgan fingerprint density at radius 2 is 2.21 bits per heavy atom. The third-order valence-corrected chi connectivity index (χ3v) is 2.32. The molecule has 0 saturated carbocycles. The molecule has 3 nitrogen and oxygen atoms in total. The molecule has 2 rings (SSSR count). The molecule has 0 aliphatic carbocycles. The molecular formula is C10H6ClO3-. The van der Waals surface area contributed by atoms with E-state index in [1.54, 1.807) is 25.1 Å². The summed E-state index contributed by atoms with van der Waals surface area (Å²) in [7, 11) is 0. The Morgan fingerprint density at radius 3 is 2.86 bits per heavy atom. The van der Waals surface area contributed by atoms with Gasteiger partial charge in [-0.05, 0) is 25.1 Å². The molecule has 0 fully saturated rings. The van der Waals surface area contributed by atoms with Crippen molar-refractivity contribution in [2.75, 3.05) is 0 Å². The van der Waals surface area contributed by atoms with Gasteiger partial charge in [0.25, 0.3) is 0 Å². The zero-order chi connectivity index (χ0) is 10.3. The first kappa shape index (κ1) is 9.09. The number of fused-ring (bicyclic) bond motifs is 1. The van der Waals surface area contributed by atoms with Crippen LogP contribution in [0.2, 0.25) is 5.02 Å². The maximum atomic E-state index is 10.6. The minimum absolute atomic E-state index is 0.137. The van der Waals surface area contributed by atoms with Gasteiger partial charge in [0.1, 0.15) is 11.6 Å². The Morgan fingerprint density at radius 1 is 1.50 bits per heavy atom. The third-order valence-electron chi connectivity index (χ3n) is 2.08. The van der Waals surface area contributed by atoms with Gasteiger partial charge in [0.2, 0.25) is 0 Å². The SMILES string of the molecule is Cc1c(C(=O)[O-])oc2ccc(Cl)cc12. The van der Waals surface area contributed by atoms with E-state index >= 15 is 0 Å². The first-order chi connectivity index (χ1) is 6.59. The van der Waals surface area contributed by atoms with Gasteiger partial charge >= 0.3 is 0 Å². The lowest BCUT2D eigenvalue weighted by Crippen LogP contribution is -2.22. The number of carboxylic acid groups (broad SMARTS) is 1. The fourth-order valence-corrected chi connectivity index (χ4v) is 1.56. The highest BCUT2D eigenvalue weighted by Crippen LogP contribution is 2.27. The highest BCUT2D eigenvalue weighted by molar-refractivity contribution is 6.31. The first-order valence-electron chi connectivity index (χ1n) is 3.99. The van der Waals surface area contributed by atoms with Gasteiger partial charge in [-0.25, -0.2) is 0 Å². The van der Waals surface area contributed by atoms with Crippen molar-refractivity contribution in [2.45, 2.75) is 6.92 Å². The summed E-state index contributed by atoms with van der Waals surface area (Å²) in [6, 6.07) is 4.95. The standard InChI is InChI=1S/C10H7ClO3/c1-5-7-4-6(11)2-3-8(7)14-9(5)10(12)13/h2-4H,1H3,(H,12,13)/p-1. The quantitative estimate of drug-likeness (QED) is 0.719. The number of furan rings is 1. The average Bonchev–Trinajstić information content (AvgIpc) is 2.44. The summed E-state index contributed by atoms with van der Waals surface area (Å²) in [5.41, 5.74) is 1.05. The second-order valence-corrected chi connectivity index (χ2v) is 3.42. The molecule has 0 aliphatic rings. The number of aryl methyl sites for hydroxylation is 1. The molecule has 0 amide bonds. The van der Waals surface area contributed by atoms with E-state index in [-0.39, 0.29) is 5.76 Å². The molecule has 0 unspecified atom stereocenters. The monoisotopic (exact) mass is 209 g/mol. The van der Waals surface area contributed by atoms with E-state index in [9.17, 15) is 9.90 Å². The zero-order valence-electron chi connectivity index (χ0n) is 7.33. The number of carbonyl (C=O) groups excluding carboxylic acids is 1. The molecular weight excluding hydrogens is 204 g/mol. The predicted molar refractivity (Wildman–Crippen MR) is 50.3 cm³/mol. The average molecular weight is 210 g/mol. The molecule has 0 bridgehead atoms. The summed E-state index contributed by atoms with van der Waals surface area (Å²) in [6.45, 7) is 1.66. The van der Waals surface area contributed by atoms with Crippen molar-refractivity contribution < 1.29 is 14.3 Å². The fraction of sp³-hybridized carbons (Fsp3) is 0.100. The lowest BCUT2D eigenvalue weighted by atomic mass is 10.1. The van der Waals surface area contributed by atoms with Crippen molar-refractivity contribution in [3.8, 4) is 0 Å². The van der Waals surface area contributed by atoms with Gasteiger partial charge in [0, 0.05) is 16.0 Å². The Balaban J connectivity index is 2.80. The molecule has 1 heterocycles. The van der Waals surface area contributed by atoms with Crippen LogP contribution in [0.1, 0.15) is 16.1 Å². The molecule has 0 N–H and O–H groups in total. The van der Waals surface area contributed by atoms with Crippen LogP contribution in [0.4, 0.5) is 0 Å². The van der Waals surface area contributed by atoms with Gasteiger partial charge < -0.3 is 14.3 Å². The van der Waals surface area contributed by atoms with Crippen molar-refractivity contribution in [1.29, 1.82) is 0 Å². The largest absolute Gasteiger partial charge is 0.542 e. The molecule has 0 radical (unpaired) electrons. The second-order valence-electron chi connectivity index (χ2n) is 2.98. The van der Waals surface area contributed by atoms with Gasteiger partial charge in [0.05, 0.1) is 0 Å². The molecule has 0 saturated heterocycles. The fourth-order valence-electron chi connectivity index (χ4n) is 1.39. The van der Waals surface area contributed by atoms with E-state index < -0.39 is 5.97 Å². The van der Waals surface area contributed by atoms with E-state index in [0.29, 0.717) is 21.6 Å². The molecule has 4 heteroatoms. The topological polar surface area (TPSA) is 53.3 Å². The normalized spacial score (nSPS) is 10.7. The molecule has 72 valence electrons. The summed E-state index contributed by atoms with van der Waals surface area (Å²) in [4.78, 5) is 10.6. The van der Waals surface area contributed by atoms with Crippen molar-refractivity contribution in [2.24, 2.45) is 0 Å². The van der Waals surface area contributed by atoms with E-state index in [0.717, 1.165) is 0 Å². The van der Waals surface area contributed by atoms with Crippen LogP contribution >= 0.6 is 11.6 Å². The lowest BCUT2D eigenvalue weighted by Gasteiger charge is -1.96. The minimum Gasteiger partial charge on any atom is -0.542 e. The van der Waals surface area contributed by atoms with E-state index in [1.807, 2.05) is 0 Å². The van der Waals surface area contributed by atoms with Crippen molar-refractivity contribution in [1.82, 2.24) is 0 Å². The van der Waals surface area contributed by atoms with Crippen LogP contribution < -0.4 is 5.11 Å². The maximum absolute atomic E-state index is 10.6. The Hall–Kier alpha value is -1.48. The molecule has 1 aromatic carbocycles. The van der Waals surface area contributed by atoms with Crippen molar-refractivity contribution in [3.63, 3.8) is 0 Å². The van der Waals surface area contributed by atoms with Crippen LogP contribution in [0.25, 0.3) is 11.0 Å². The Bertz CT molecular complexity index is 513. The number of benzene rings is 1. The minimum atomic E-state index is -1.31. The molecule has 1 aromatic heterocycles. The molecule has 0 atom stereocenters. The van der Waals surface area contributed by atoms with Crippen LogP contribution in [0.5, 0.6) is 0 Å². The van der Waals surface area contributed by atoms with Gasteiger partial charge in [-0.15, -0.1) is 0 Å². The number of carboxylic acids is 1.